The van der Waals surface area contributed by atoms with E-state index in [2.05, 4.69) is 5.32 Å². The number of benzene rings is 2. The lowest BCUT2D eigenvalue weighted by molar-refractivity contribution is -0.142. The van der Waals surface area contributed by atoms with Gasteiger partial charge < -0.3 is 10.4 Å². The first-order valence-corrected chi connectivity index (χ1v) is 9.28. The number of carboxylic acids is 1. The van der Waals surface area contributed by atoms with Gasteiger partial charge in [0.25, 0.3) is 0 Å². The molecule has 0 saturated carbocycles. The lowest BCUT2D eigenvalue weighted by atomic mass is 10.1. The van der Waals surface area contributed by atoms with Crippen LogP contribution < -0.4 is 11.0 Å². The third-order valence-corrected chi connectivity index (χ3v) is 4.62. The van der Waals surface area contributed by atoms with E-state index in [1.165, 1.54) is 0 Å². The maximum atomic E-state index is 12.7. The number of carbonyl (C=O) groups is 2. The third kappa shape index (κ3) is 3.98. The molecule has 0 fully saturated rings. The van der Waals surface area contributed by atoms with Crippen LogP contribution in [-0.2, 0) is 22.7 Å². The van der Waals surface area contributed by atoms with Crippen LogP contribution in [-0.4, -0.2) is 26.1 Å². The molecule has 3 rings (SSSR count). The summed E-state index contributed by atoms with van der Waals surface area (Å²) in [6, 6.07) is 14.9. The van der Waals surface area contributed by atoms with Crippen LogP contribution in [0.15, 0.2) is 59.4 Å². The van der Waals surface area contributed by atoms with E-state index in [1.54, 1.807) is 39.5 Å². The van der Waals surface area contributed by atoms with Crippen molar-refractivity contribution < 1.29 is 14.7 Å². The number of aromatic nitrogens is 2. The molecule has 146 valence electrons. The van der Waals surface area contributed by atoms with Crippen molar-refractivity contribution in [3.05, 3.63) is 70.6 Å². The van der Waals surface area contributed by atoms with Gasteiger partial charge in [0, 0.05) is 19.5 Å². The van der Waals surface area contributed by atoms with Gasteiger partial charge in [-0.1, -0.05) is 49.4 Å². The van der Waals surface area contributed by atoms with E-state index < -0.39 is 17.9 Å². The van der Waals surface area contributed by atoms with Crippen molar-refractivity contribution >= 4 is 22.9 Å². The minimum absolute atomic E-state index is 0.0106. The topological polar surface area (TPSA) is 93.3 Å². The van der Waals surface area contributed by atoms with Gasteiger partial charge in [-0.2, -0.15) is 0 Å². The molecule has 0 aliphatic carbocycles. The molecule has 2 aromatic carbocycles. The summed E-state index contributed by atoms with van der Waals surface area (Å²) in [4.78, 5) is 36.7. The van der Waals surface area contributed by atoms with Crippen LogP contribution in [0.5, 0.6) is 0 Å². The summed E-state index contributed by atoms with van der Waals surface area (Å²) in [5.41, 5.74) is 1.95. The minimum atomic E-state index is -1.13. The zero-order valence-electron chi connectivity index (χ0n) is 15.7. The number of aryl methyl sites for hydroxylation is 2. The highest BCUT2D eigenvalue weighted by atomic mass is 16.4. The summed E-state index contributed by atoms with van der Waals surface area (Å²) in [7, 11) is 0. The Labute approximate surface area is 162 Å². The molecule has 0 aliphatic rings. The number of aliphatic carboxylic acids is 1. The molecule has 0 radical (unpaired) electrons. The summed E-state index contributed by atoms with van der Waals surface area (Å²) in [6.07, 6.45) is 0.836. The molecule has 1 heterocycles. The number of nitrogens with one attached hydrogen (secondary N) is 1. The fourth-order valence-corrected chi connectivity index (χ4v) is 3.31. The number of imidazole rings is 1. The van der Waals surface area contributed by atoms with Gasteiger partial charge in [-0.05, 0) is 24.1 Å². The SMILES string of the molecule is CCCn1c(=O)n(CCC(=O)N[C@@H](C(=O)O)c2ccccc2)c2ccccc21. The zero-order chi connectivity index (χ0) is 20.1. The zero-order valence-corrected chi connectivity index (χ0v) is 15.7. The normalized spacial score (nSPS) is 12.0. The van der Waals surface area contributed by atoms with E-state index in [9.17, 15) is 19.5 Å². The molecule has 1 aromatic heterocycles. The Morgan fingerprint density at radius 2 is 1.54 bits per heavy atom. The number of carbonyl (C=O) groups excluding carboxylic acids is 1. The number of para-hydroxylation sites is 2. The number of hydrogen-bond acceptors (Lipinski definition) is 3. The van der Waals surface area contributed by atoms with E-state index in [0.717, 1.165) is 17.5 Å². The molecule has 0 bridgehead atoms. The van der Waals surface area contributed by atoms with Crippen LogP contribution >= 0.6 is 0 Å². The van der Waals surface area contributed by atoms with Crippen molar-refractivity contribution in [3.63, 3.8) is 0 Å². The number of nitrogens with zero attached hydrogens (tertiary/aromatic N) is 2. The van der Waals surface area contributed by atoms with Crippen molar-refractivity contribution in [1.29, 1.82) is 0 Å². The first kappa shape index (κ1) is 19.4. The molecule has 0 saturated heterocycles. The predicted molar refractivity (Wildman–Crippen MR) is 106 cm³/mol. The average molecular weight is 381 g/mol. The van der Waals surface area contributed by atoms with Crippen molar-refractivity contribution in [2.45, 2.75) is 38.9 Å². The van der Waals surface area contributed by atoms with Crippen LogP contribution in [0.1, 0.15) is 31.4 Å². The molecular formula is C21H23N3O4. The lowest BCUT2D eigenvalue weighted by Gasteiger charge is -2.15. The standard InChI is InChI=1S/C21H23N3O4/c1-2-13-23-16-10-6-7-11-17(16)24(21(23)28)14-12-18(25)22-19(20(26)27)15-8-4-3-5-9-15/h3-11,19H,2,12-14H2,1H3,(H,22,25)(H,26,27)/t19-/m1/s1. The van der Waals surface area contributed by atoms with Crippen LogP contribution in [0, 0.1) is 0 Å². The molecule has 1 atom stereocenters. The molecule has 1 amide bonds. The second-order valence-corrected chi connectivity index (χ2v) is 6.57. The van der Waals surface area contributed by atoms with Crippen molar-refractivity contribution in [3.8, 4) is 0 Å². The highest BCUT2D eigenvalue weighted by Crippen LogP contribution is 2.15. The van der Waals surface area contributed by atoms with Gasteiger partial charge in [-0.25, -0.2) is 9.59 Å². The number of amides is 1. The van der Waals surface area contributed by atoms with Crippen LogP contribution in [0.25, 0.3) is 11.0 Å². The smallest absolute Gasteiger partial charge is 0.330 e. The number of carboxylic acid groups (broad SMARTS) is 1. The molecule has 3 aromatic rings. The van der Waals surface area contributed by atoms with Crippen molar-refractivity contribution in [2.24, 2.45) is 0 Å². The summed E-state index contributed by atoms with van der Waals surface area (Å²) in [5.74, 6) is -1.55. The molecule has 7 nitrogen and oxygen atoms in total. The Kier molecular flexibility index (Phi) is 5.93. The van der Waals surface area contributed by atoms with Crippen LogP contribution in [0.4, 0.5) is 0 Å². The fourth-order valence-electron chi connectivity index (χ4n) is 3.31. The van der Waals surface area contributed by atoms with Gasteiger partial charge in [0.15, 0.2) is 6.04 Å². The Morgan fingerprint density at radius 3 is 2.11 bits per heavy atom. The van der Waals surface area contributed by atoms with Crippen LogP contribution in [0.3, 0.4) is 0 Å². The fraction of sp³-hybridized carbons (Fsp3) is 0.286. The van der Waals surface area contributed by atoms with E-state index in [0.29, 0.717) is 12.1 Å². The Balaban J connectivity index is 1.77. The quantitative estimate of drug-likeness (QED) is 0.627. The van der Waals surface area contributed by atoms with Crippen LogP contribution in [0.2, 0.25) is 0 Å². The molecule has 0 aliphatic heterocycles. The number of rotatable bonds is 8. The summed E-state index contributed by atoms with van der Waals surface area (Å²) >= 11 is 0. The Bertz CT molecular complexity index is 1040. The molecular weight excluding hydrogens is 358 g/mol. The third-order valence-electron chi connectivity index (χ3n) is 4.62. The largest absolute Gasteiger partial charge is 0.479 e. The maximum Gasteiger partial charge on any atom is 0.330 e. The van der Waals surface area contributed by atoms with Crippen molar-refractivity contribution in [2.75, 3.05) is 0 Å². The Hall–Kier alpha value is -3.35. The van der Waals surface area contributed by atoms with Gasteiger partial charge in [0.1, 0.15) is 0 Å². The molecule has 2 N–H and O–H groups in total. The summed E-state index contributed by atoms with van der Waals surface area (Å²) in [5, 5.41) is 12.0. The second-order valence-electron chi connectivity index (χ2n) is 6.57. The highest BCUT2D eigenvalue weighted by Gasteiger charge is 2.22. The first-order chi connectivity index (χ1) is 13.5. The predicted octanol–water partition coefficient (Wildman–Crippen LogP) is 2.55. The van der Waals surface area contributed by atoms with Crippen molar-refractivity contribution in [1.82, 2.24) is 14.5 Å². The molecule has 0 unspecified atom stereocenters. The molecule has 7 heteroatoms. The van der Waals surface area contributed by atoms with Gasteiger partial charge in [-0.15, -0.1) is 0 Å². The van der Waals surface area contributed by atoms with Gasteiger partial charge in [0.2, 0.25) is 5.91 Å². The summed E-state index contributed by atoms with van der Waals surface area (Å²) < 4.78 is 3.28. The minimum Gasteiger partial charge on any atom is -0.479 e. The average Bonchev–Trinajstić information content (AvgIpc) is 2.97. The number of hydrogen-bond donors (Lipinski definition) is 2. The lowest BCUT2D eigenvalue weighted by Crippen LogP contribution is -2.35. The summed E-state index contributed by atoms with van der Waals surface area (Å²) in [6.45, 7) is 2.79. The van der Waals surface area contributed by atoms with Gasteiger partial charge in [0.05, 0.1) is 11.0 Å². The molecule has 0 spiro atoms. The van der Waals surface area contributed by atoms with Gasteiger partial charge in [-0.3, -0.25) is 13.9 Å². The molecule has 28 heavy (non-hydrogen) atoms. The van der Waals surface area contributed by atoms with E-state index in [1.807, 2.05) is 31.2 Å². The second kappa shape index (κ2) is 8.56. The maximum absolute atomic E-state index is 12.7. The van der Waals surface area contributed by atoms with E-state index in [-0.39, 0.29) is 18.7 Å². The highest BCUT2D eigenvalue weighted by molar-refractivity contribution is 5.84. The van der Waals surface area contributed by atoms with E-state index in [4.69, 9.17) is 0 Å². The van der Waals surface area contributed by atoms with E-state index >= 15 is 0 Å². The monoisotopic (exact) mass is 381 g/mol. The Morgan fingerprint density at radius 1 is 0.964 bits per heavy atom. The number of fused-ring (bicyclic) bond motifs is 1. The van der Waals surface area contributed by atoms with Gasteiger partial charge >= 0.3 is 11.7 Å². The first-order valence-electron chi connectivity index (χ1n) is 9.28.